The maximum atomic E-state index is 12.2. The molecule has 4 heteroatoms. The van der Waals surface area contributed by atoms with Crippen molar-refractivity contribution in [1.82, 2.24) is 10.3 Å². The van der Waals surface area contributed by atoms with Gasteiger partial charge in [0, 0.05) is 18.4 Å². The minimum Gasteiger partial charge on any atom is -0.384 e. The van der Waals surface area contributed by atoms with Gasteiger partial charge < -0.3 is 10.4 Å². The molecule has 102 valence electrons. The summed E-state index contributed by atoms with van der Waals surface area (Å²) in [5.74, 6) is 5.15. The van der Waals surface area contributed by atoms with Crippen LogP contribution in [-0.4, -0.2) is 28.6 Å². The van der Waals surface area contributed by atoms with Crippen LogP contribution >= 0.6 is 0 Å². The number of aromatic nitrogens is 1. The Balaban J connectivity index is 2.87. The van der Waals surface area contributed by atoms with E-state index in [2.05, 4.69) is 36.0 Å². The van der Waals surface area contributed by atoms with E-state index in [1.54, 1.807) is 18.5 Å². The molecule has 0 radical (unpaired) electrons. The molecule has 1 unspecified atom stereocenters. The summed E-state index contributed by atoms with van der Waals surface area (Å²) in [4.78, 5) is 16.2. The van der Waals surface area contributed by atoms with Gasteiger partial charge in [0.2, 0.25) is 0 Å². The molecular weight excluding hydrogens is 240 g/mol. The average molecular weight is 260 g/mol. The summed E-state index contributed by atoms with van der Waals surface area (Å²) in [6.45, 7) is 3.92. The number of nitrogens with zero attached hydrogens (tertiary/aromatic N) is 1. The number of aliphatic hydroxyl groups is 1. The van der Waals surface area contributed by atoms with Gasteiger partial charge in [-0.15, -0.1) is 0 Å². The molecule has 0 saturated heterocycles. The van der Waals surface area contributed by atoms with Crippen molar-refractivity contribution >= 4 is 5.91 Å². The fourth-order valence-corrected chi connectivity index (χ4v) is 1.82. The van der Waals surface area contributed by atoms with Crippen molar-refractivity contribution in [1.29, 1.82) is 0 Å². The zero-order chi connectivity index (χ0) is 14.1. The second-order valence-electron chi connectivity index (χ2n) is 4.25. The van der Waals surface area contributed by atoms with Gasteiger partial charge in [0.15, 0.2) is 0 Å². The van der Waals surface area contributed by atoms with E-state index in [1.807, 2.05) is 0 Å². The molecule has 1 rings (SSSR count). The van der Waals surface area contributed by atoms with Crippen molar-refractivity contribution in [2.24, 2.45) is 0 Å². The summed E-state index contributed by atoms with van der Waals surface area (Å²) in [5, 5.41) is 11.7. The summed E-state index contributed by atoms with van der Waals surface area (Å²) in [5.41, 5.74) is 1.05. The van der Waals surface area contributed by atoms with E-state index in [1.165, 1.54) is 0 Å². The number of hydrogen-bond donors (Lipinski definition) is 2. The molecule has 1 amide bonds. The van der Waals surface area contributed by atoms with Gasteiger partial charge in [0.05, 0.1) is 11.1 Å². The van der Waals surface area contributed by atoms with E-state index in [9.17, 15) is 4.79 Å². The lowest BCUT2D eigenvalue weighted by atomic mass is 10.1. The molecule has 0 aromatic carbocycles. The van der Waals surface area contributed by atoms with Gasteiger partial charge in [0.1, 0.15) is 6.61 Å². The molecule has 0 aliphatic rings. The fraction of sp³-hybridized carbons (Fsp3) is 0.467. The van der Waals surface area contributed by atoms with Crippen molar-refractivity contribution in [2.45, 2.75) is 39.2 Å². The topological polar surface area (TPSA) is 62.2 Å². The largest absolute Gasteiger partial charge is 0.384 e. The number of carbonyl (C=O) groups excluding carboxylic acids is 1. The normalized spacial score (nSPS) is 11.3. The van der Waals surface area contributed by atoms with Crippen LogP contribution in [0.2, 0.25) is 0 Å². The number of carbonyl (C=O) groups is 1. The summed E-state index contributed by atoms with van der Waals surface area (Å²) < 4.78 is 0. The van der Waals surface area contributed by atoms with E-state index in [-0.39, 0.29) is 18.6 Å². The van der Waals surface area contributed by atoms with Gasteiger partial charge in [-0.05, 0) is 18.9 Å². The molecule has 0 saturated carbocycles. The third kappa shape index (κ3) is 4.72. The Morgan fingerprint density at radius 3 is 2.95 bits per heavy atom. The Morgan fingerprint density at radius 1 is 1.53 bits per heavy atom. The summed E-state index contributed by atoms with van der Waals surface area (Å²) in [6, 6.07) is 1.83. The Labute approximate surface area is 114 Å². The van der Waals surface area contributed by atoms with Crippen molar-refractivity contribution in [3.8, 4) is 11.8 Å². The summed E-state index contributed by atoms with van der Waals surface area (Å²) in [6.07, 6.45) is 6.01. The second-order valence-corrected chi connectivity index (χ2v) is 4.25. The van der Waals surface area contributed by atoms with Crippen molar-refractivity contribution in [3.05, 3.63) is 29.6 Å². The van der Waals surface area contributed by atoms with Gasteiger partial charge in [-0.3, -0.25) is 9.78 Å². The van der Waals surface area contributed by atoms with E-state index in [4.69, 9.17) is 5.11 Å². The number of hydrogen-bond acceptors (Lipinski definition) is 3. The third-order valence-corrected chi connectivity index (χ3v) is 2.83. The molecular formula is C15H20N2O2. The molecule has 0 fully saturated rings. The highest BCUT2D eigenvalue weighted by molar-refractivity contribution is 5.96. The van der Waals surface area contributed by atoms with Gasteiger partial charge in [-0.25, -0.2) is 0 Å². The molecule has 1 aromatic rings. The molecule has 1 atom stereocenters. The van der Waals surface area contributed by atoms with Crippen molar-refractivity contribution in [3.63, 3.8) is 0 Å². The predicted molar refractivity (Wildman–Crippen MR) is 74.7 cm³/mol. The van der Waals surface area contributed by atoms with Gasteiger partial charge >= 0.3 is 0 Å². The van der Waals surface area contributed by atoms with E-state index < -0.39 is 0 Å². The molecule has 0 bridgehead atoms. The molecule has 1 aromatic heterocycles. The second kappa shape index (κ2) is 8.28. The minimum atomic E-state index is -0.233. The van der Waals surface area contributed by atoms with Crippen LogP contribution < -0.4 is 5.32 Å². The lowest BCUT2D eigenvalue weighted by molar-refractivity contribution is 0.0933. The minimum absolute atomic E-state index is 0.134. The Morgan fingerprint density at radius 2 is 2.32 bits per heavy atom. The maximum absolute atomic E-state index is 12.2. The van der Waals surface area contributed by atoms with Gasteiger partial charge in [0.25, 0.3) is 5.91 Å². The molecule has 0 aliphatic heterocycles. The first-order valence-electron chi connectivity index (χ1n) is 6.57. The average Bonchev–Trinajstić information content (AvgIpc) is 2.44. The summed E-state index contributed by atoms with van der Waals surface area (Å²) >= 11 is 0. The Hall–Kier alpha value is -1.86. The first-order chi connectivity index (χ1) is 9.22. The third-order valence-electron chi connectivity index (χ3n) is 2.83. The molecule has 0 aliphatic carbocycles. The SMILES string of the molecule is CCCC(CC)NC(=O)c1ccncc1C#CCO. The van der Waals surface area contributed by atoms with Crippen LogP contribution in [0.1, 0.15) is 49.0 Å². The van der Waals surface area contributed by atoms with E-state index in [0.717, 1.165) is 19.3 Å². The van der Waals surface area contributed by atoms with Crippen LogP contribution in [0.25, 0.3) is 0 Å². The predicted octanol–water partition coefficient (Wildman–Crippen LogP) is 1.73. The van der Waals surface area contributed by atoms with Gasteiger partial charge in [-0.2, -0.15) is 0 Å². The molecule has 19 heavy (non-hydrogen) atoms. The zero-order valence-corrected chi connectivity index (χ0v) is 11.4. The zero-order valence-electron chi connectivity index (χ0n) is 11.4. The molecule has 0 spiro atoms. The Kier molecular flexibility index (Phi) is 6.62. The lowest BCUT2D eigenvalue weighted by Gasteiger charge is -2.16. The van der Waals surface area contributed by atoms with Gasteiger partial charge in [-0.1, -0.05) is 32.1 Å². The molecule has 4 nitrogen and oxygen atoms in total. The van der Waals surface area contributed by atoms with Crippen LogP contribution in [0, 0.1) is 11.8 Å². The van der Waals surface area contributed by atoms with Crippen LogP contribution in [0.5, 0.6) is 0 Å². The quantitative estimate of drug-likeness (QED) is 0.793. The number of pyridine rings is 1. The number of amides is 1. The molecule has 2 N–H and O–H groups in total. The van der Waals surface area contributed by atoms with Crippen LogP contribution in [0.15, 0.2) is 18.5 Å². The number of nitrogens with one attached hydrogen (secondary N) is 1. The Bertz CT molecular complexity index is 475. The standard InChI is InChI=1S/C15H20N2O2/c1-3-6-13(4-2)17-15(19)14-8-9-16-11-12(14)7-5-10-18/h8-9,11,13,18H,3-4,6,10H2,1-2H3,(H,17,19). The molecule has 1 heterocycles. The maximum Gasteiger partial charge on any atom is 0.252 e. The number of aliphatic hydroxyl groups excluding tert-OH is 1. The van der Waals surface area contributed by atoms with E-state index >= 15 is 0 Å². The number of rotatable bonds is 5. The van der Waals surface area contributed by atoms with Crippen molar-refractivity contribution < 1.29 is 9.90 Å². The lowest BCUT2D eigenvalue weighted by Crippen LogP contribution is -2.34. The highest BCUT2D eigenvalue weighted by atomic mass is 16.2. The first-order valence-corrected chi connectivity index (χ1v) is 6.57. The van der Waals surface area contributed by atoms with E-state index in [0.29, 0.717) is 11.1 Å². The first kappa shape index (κ1) is 15.2. The van der Waals surface area contributed by atoms with Crippen LogP contribution in [0.4, 0.5) is 0 Å². The summed E-state index contributed by atoms with van der Waals surface area (Å²) in [7, 11) is 0. The van der Waals surface area contributed by atoms with Crippen LogP contribution in [0.3, 0.4) is 0 Å². The highest BCUT2D eigenvalue weighted by Crippen LogP contribution is 2.08. The smallest absolute Gasteiger partial charge is 0.252 e. The fourth-order valence-electron chi connectivity index (χ4n) is 1.82. The highest BCUT2D eigenvalue weighted by Gasteiger charge is 2.14. The van der Waals surface area contributed by atoms with Crippen molar-refractivity contribution in [2.75, 3.05) is 6.61 Å². The van der Waals surface area contributed by atoms with Crippen LogP contribution in [-0.2, 0) is 0 Å². The monoisotopic (exact) mass is 260 g/mol.